The Kier molecular flexibility index (Phi) is 4.30. The van der Waals surface area contributed by atoms with Crippen LogP contribution in [0.3, 0.4) is 0 Å². The lowest BCUT2D eigenvalue weighted by molar-refractivity contribution is 0.0451. The Balaban J connectivity index is 3.44. The van der Waals surface area contributed by atoms with Crippen LogP contribution in [0.2, 0.25) is 0 Å². The molecule has 4 N–H and O–H groups in total. The normalized spacial score (nSPS) is 16.8. The highest BCUT2D eigenvalue weighted by Crippen LogP contribution is 1.97. The van der Waals surface area contributed by atoms with Crippen LogP contribution in [-0.4, -0.2) is 29.0 Å². The van der Waals surface area contributed by atoms with Crippen molar-refractivity contribution in [2.45, 2.75) is 18.6 Å². The zero-order chi connectivity index (χ0) is 7.28. The molecule has 2 atom stereocenters. The number of rotatable bonds is 4. The zero-order valence-corrected chi connectivity index (χ0v) is 5.33. The molecule has 9 heavy (non-hydrogen) atoms. The van der Waals surface area contributed by atoms with E-state index in [2.05, 4.69) is 6.58 Å². The molecular weight excluding hydrogens is 118 g/mol. The lowest BCUT2D eigenvalue weighted by atomic mass is 10.1. The summed E-state index contributed by atoms with van der Waals surface area (Å²) >= 11 is 0. The first-order chi connectivity index (χ1) is 4.22. The zero-order valence-electron chi connectivity index (χ0n) is 5.33. The second-order valence-corrected chi connectivity index (χ2v) is 1.87. The molecule has 0 bridgehead atoms. The number of hydrogen-bond acceptors (Lipinski definition) is 3. The molecule has 0 aliphatic carbocycles. The van der Waals surface area contributed by atoms with Crippen molar-refractivity contribution in [3.63, 3.8) is 0 Å². The van der Waals surface area contributed by atoms with Gasteiger partial charge in [-0.05, 0) is 13.0 Å². The van der Waals surface area contributed by atoms with E-state index in [1.165, 1.54) is 6.08 Å². The van der Waals surface area contributed by atoms with E-state index < -0.39 is 12.2 Å². The van der Waals surface area contributed by atoms with Crippen molar-refractivity contribution in [1.29, 1.82) is 0 Å². The number of hydrogen-bond donors (Lipinski definition) is 3. The van der Waals surface area contributed by atoms with Crippen molar-refractivity contribution in [3.8, 4) is 0 Å². The van der Waals surface area contributed by atoms with Crippen molar-refractivity contribution >= 4 is 0 Å². The fourth-order valence-corrected chi connectivity index (χ4v) is 0.499. The van der Waals surface area contributed by atoms with Crippen LogP contribution in [0.25, 0.3) is 0 Å². The molecule has 0 saturated heterocycles. The summed E-state index contributed by atoms with van der Waals surface area (Å²) in [4.78, 5) is 0. The van der Waals surface area contributed by atoms with Crippen molar-refractivity contribution < 1.29 is 10.2 Å². The van der Waals surface area contributed by atoms with E-state index in [-0.39, 0.29) is 0 Å². The van der Waals surface area contributed by atoms with Gasteiger partial charge in [-0.25, -0.2) is 0 Å². The van der Waals surface area contributed by atoms with Gasteiger partial charge in [0.25, 0.3) is 0 Å². The van der Waals surface area contributed by atoms with E-state index in [9.17, 15) is 0 Å². The molecule has 0 unspecified atom stereocenters. The van der Waals surface area contributed by atoms with E-state index in [1.54, 1.807) is 0 Å². The van der Waals surface area contributed by atoms with E-state index in [0.29, 0.717) is 13.0 Å². The van der Waals surface area contributed by atoms with E-state index >= 15 is 0 Å². The maximum atomic E-state index is 8.92. The van der Waals surface area contributed by atoms with Crippen LogP contribution in [0.15, 0.2) is 12.7 Å². The SMILES string of the molecule is C=C[C@@H](O)[C@H](O)CCN. The molecule has 0 aliphatic rings. The molecule has 3 nitrogen and oxygen atoms in total. The van der Waals surface area contributed by atoms with Crippen LogP contribution in [0.1, 0.15) is 6.42 Å². The Morgan fingerprint density at radius 3 is 2.44 bits per heavy atom. The van der Waals surface area contributed by atoms with Crippen molar-refractivity contribution in [1.82, 2.24) is 0 Å². The van der Waals surface area contributed by atoms with Gasteiger partial charge in [0.2, 0.25) is 0 Å². The Morgan fingerprint density at radius 2 is 2.11 bits per heavy atom. The van der Waals surface area contributed by atoms with Crippen LogP contribution < -0.4 is 5.73 Å². The minimum Gasteiger partial charge on any atom is -0.390 e. The Hall–Kier alpha value is -0.380. The summed E-state index contributed by atoms with van der Waals surface area (Å²) in [5.74, 6) is 0. The highest BCUT2D eigenvalue weighted by Gasteiger charge is 2.09. The molecule has 0 aromatic rings. The van der Waals surface area contributed by atoms with Gasteiger partial charge in [-0.15, -0.1) is 6.58 Å². The van der Waals surface area contributed by atoms with Gasteiger partial charge < -0.3 is 15.9 Å². The van der Waals surface area contributed by atoms with Crippen molar-refractivity contribution in [2.24, 2.45) is 5.73 Å². The summed E-state index contributed by atoms with van der Waals surface area (Å²) in [6, 6.07) is 0. The van der Waals surface area contributed by atoms with Gasteiger partial charge in [0.15, 0.2) is 0 Å². The first-order valence-electron chi connectivity index (χ1n) is 2.91. The second-order valence-electron chi connectivity index (χ2n) is 1.87. The molecule has 0 radical (unpaired) electrons. The minimum atomic E-state index is -0.839. The quantitative estimate of drug-likeness (QED) is 0.439. The average Bonchev–Trinajstić information content (AvgIpc) is 1.87. The van der Waals surface area contributed by atoms with E-state index in [0.717, 1.165) is 0 Å². The Labute approximate surface area is 54.8 Å². The summed E-state index contributed by atoms with van der Waals surface area (Å²) in [5, 5.41) is 17.8. The summed E-state index contributed by atoms with van der Waals surface area (Å²) in [6.45, 7) is 3.69. The highest BCUT2D eigenvalue weighted by atomic mass is 16.3. The molecule has 0 spiro atoms. The highest BCUT2D eigenvalue weighted by molar-refractivity contribution is 4.83. The maximum absolute atomic E-state index is 8.92. The predicted molar refractivity (Wildman–Crippen MR) is 35.9 cm³/mol. The summed E-state index contributed by atoms with van der Waals surface area (Å²) in [7, 11) is 0. The molecule has 0 aliphatic heterocycles. The van der Waals surface area contributed by atoms with Gasteiger partial charge in [-0.2, -0.15) is 0 Å². The number of nitrogens with two attached hydrogens (primary N) is 1. The third-order valence-electron chi connectivity index (χ3n) is 1.10. The number of aliphatic hydroxyl groups is 2. The molecule has 0 fully saturated rings. The molecule has 0 aromatic heterocycles. The first-order valence-corrected chi connectivity index (χ1v) is 2.91. The van der Waals surface area contributed by atoms with Crippen molar-refractivity contribution in [3.05, 3.63) is 12.7 Å². The minimum absolute atomic E-state index is 0.381. The molecule has 0 aromatic carbocycles. The van der Waals surface area contributed by atoms with Crippen molar-refractivity contribution in [2.75, 3.05) is 6.54 Å². The fourth-order valence-electron chi connectivity index (χ4n) is 0.499. The average molecular weight is 131 g/mol. The fraction of sp³-hybridized carbons (Fsp3) is 0.667. The lowest BCUT2D eigenvalue weighted by Gasteiger charge is -2.11. The van der Waals surface area contributed by atoms with Gasteiger partial charge in [-0.3, -0.25) is 0 Å². The smallest absolute Gasteiger partial charge is 0.0977 e. The molecule has 0 amide bonds. The predicted octanol–water partition coefficient (Wildman–Crippen LogP) is -0.757. The van der Waals surface area contributed by atoms with Gasteiger partial charge >= 0.3 is 0 Å². The van der Waals surface area contributed by atoms with Crippen LogP contribution >= 0.6 is 0 Å². The topological polar surface area (TPSA) is 66.5 Å². The van der Waals surface area contributed by atoms with Gasteiger partial charge in [-0.1, -0.05) is 6.08 Å². The molecule has 0 heterocycles. The summed E-state index contributed by atoms with van der Waals surface area (Å²) in [5.41, 5.74) is 5.12. The largest absolute Gasteiger partial charge is 0.390 e. The first kappa shape index (κ1) is 8.62. The standard InChI is InChI=1S/C6H13NO2/c1-2-5(8)6(9)3-4-7/h2,5-6,8-9H,1,3-4,7H2/t5-,6-/m1/s1. The monoisotopic (exact) mass is 131 g/mol. The number of aliphatic hydroxyl groups excluding tert-OH is 2. The Morgan fingerprint density at radius 1 is 1.56 bits per heavy atom. The van der Waals surface area contributed by atoms with E-state index in [4.69, 9.17) is 15.9 Å². The van der Waals surface area contributed by atoms with Crippen LogP contribution in [-0.2, 0) is 0 Å². The summed E-state index contributed by atoms with van der Waals surface area (Å²) < 4.78 is 0. The van der Waals surface area contributed by atoms with Gasteiger partial charge in [0.05, 0.1) is 12.2 Å². The van der Waals surface area contributed by atoms with E-state index in [1.807, 2.05) is 0 Å². The molecule has 0 saturated carbocycles. The van der Waals surface area contributed by atoms with Gasteiger partial charge in [0, 0.05) is 0 Å². The van der Waals surface area contributed by atoms with Crippen LogP contribution in [0.4, 0.5) is 0 Å². The third kappa shape index (κ3) is 3.24. The Bertz CT molecular complexity index is 85.1. The molecule has 0 rings (SSSR count). The molecular formula is C6H13NO2. The maximum Gasteiger partial charge on any atom is 0.0977 e. The molecule has 3 heteroatoms. The molecule has 54 valence electrons. The van der Waals surface area contributed by atoms with Crippen LogP contribution in [0.5, 0.6) is 0 Å². The lowest BCUT2D eigenvalue weighted by Crippen LogP contribution is -2.26. The summed E-state index contributed by atoms with van der Waals surface area (Å²) in [6.07, 6.45) is 0.106. The second kappa shape index (κ2) is 4.49. The van der Waals surface area contributed by atoms with Gasteiger partial charge in [0.1, 0.15) is 0 Å². The third-order valence-corrected chi connectivity index (χ3v) is 1.10. The van der Waals surface area contributed by atoms with Crippen LogP contribution in [0, 0.1) is 0 Å².